The Balaban J connectivity index is 2.21. The summed E-state index contributed by atoms with van der Waals surface area (Å²) in [7, 11) is 0. The normalized spacial score (nSPS) is 12.6. The van der Waals surface area contributed by atoms with Crippen molar-refractivity contribution in [1.82, 2.24) is 15.0 Å². The first-order valence-corrected chi connectivity index (χ1v) is 7.26. The molecule has 0 spiro atoms. The molecule has 0 bridgehead atoms. The molecular weight excluding hydrogens is 256 g/mol. The number of hydrazine groups is 1. The predicted molar refractivity (Wildman–Crippen MR) is 79.0 cm³/mol. The molecule has 102 valence electrons. The summed E-state index contributed by atoms with van der Waals surface area (Å²) >= 11 is 1.43. The van der Waals surface area contributed by atoms with Crippen LogP contribution in [0.15, 0.2) is 18.2 Å². The lowest BCUT2D eigenvalue weighted by molar-refractivity contribution is 0.555. The van der Waals surface area contributed by atoms with Gasteiger partial charge in [-0.2, -0.15) is 0 Å². The zero-order chi connectivity index (χ0) is 13.8. The summed E-state index contributed by atoms with van der Waals surface area (Å²) in [6.07, 6.45) is 1.74. The van der Waals surface area contributed by atoms with E-state index in [-0.39, 0.29) is 6.04 Å². The van der Waals surface area contributed by atoms with Crippen molar-refractivity contribution in [2.24, 2.45) is 5.84 Å². The summed E-state index contributed by atoms with van der Waals surface area (Å²) in [6.45, 7) is 6.35. The molecule has 1 aromatic carbocycles. The van der Waals surface area contributed by atoms with E-state index in [0.717, 1.165) is 23.4 Å². The molecule has 3 N–H and O–H groups in total. The van der Waals surface area contributed by atoms with E-state index in [2.05, 4.69) is 54.0 Å². The largest absolute Gasteiger partial charge is 0.271 e. The van der Waals surface area contributed by atoms with E-state index >= 15 is 0 Å². The standard InChI is InChI=1S/C14H20N4S/c1-4-12-14(19-18-17-12)13(16-15)8-11-6-5-9(2)10(3)7-11/h5-7,13,16H,4,8,15H2,1-3H3. The van der Waals surface area contributed by atoms with Gasteiger partial charge in [-0.25, -0.2) is 0 Å². The first-order chi connectivity index (χ1) is 9.15. The van der Waals surface area contributed by atoms with Crippen molar-refractivity contribution in [3.8, 4) is 0 Å². The van der Waals surface area contributed by atoms with Gasteiger partial charge in [0.25, 0.3) is 0 Å². The second-order valence-electron chi connectivity index (χ2n) is 4.78. The Morgan fingerprint density at radius 2 is 2.11 bits per heavy atom. The number of hydrogen-bond acceptors (Lipinski definition) is 5. The summed E-state index contributed by atoms with van der Waals surface area (Å²) in [4.78, 5) is 1.14. The molecule has 1 unspecified atom stereocenters. The Hall–Kier alpha value is -1.30. The van der Waals surface area contributed by atoms with Crippen LogP contribution >= 0.6 is 11.5 Å². The fourth-order valence-corrected chi connectivity index (χ4v) is 2.92. The molecule has 0 saturated heterocycles. The van der Waals surface area contributed by atoms with Gasteiger partial charge in [0.2, 0.25) is 0 Å². The monoisotopic (exact) mass is 276 g/mol. The van der Waals surface area contributed by atoms with Crippen molar-refractivity contribution in [1.29, 1.82) is 0 Å². The average molecular weight is 276 g/mol. The fraction of sp³-hybridized carbons (Fsp3) is 0.429. The van der Waals surface area contributed by atoms with Crippen molar-refractivity contribution < 1.29 is 0 Å². The molecule has 2 rings (SSSR count). The van der Waals surface area contributed by atoms with E-state index in [0.29, 0.717) is 0 Å². The lowest BCUT2D eigenvalue weighted by Crippen LogP contribution is -2.29. The zero-order valence-corrected chi connectivity index (χ0v) is 12.4. The van der Waals surface area contributed by atoms with Crippen molar-refractivity contribution in [3.63, 3.8) is 0 Å². The van der Waals surface area contributed by atoms with Crippen molar-refractivity contribution in [2.75, 3.05) is 0 Å². The van der Waals surface area contributed by atoms with Crippen LogP contribution in [0.2, 0.25) is 0 Å². The predicted octanol–water partition coefficient (Wildman–Crippen LogP) is 2.46. The highest BCUT2D eigenvalue weighted by Gasteiger charge is 2.17. The molecular formula is C14H20N4S. The third-order valence-electron chi connectivity index (χ3n) is 3.45. The maximum Gasteiger partial charge on any atom is 0.0801 e. The van der Waals surface area contributed by atoms with Gasteiger partial charge in [-0.15, -0.1) is 5.10 Å². The highest BCUT2D eigenvalue weighted by atomic mass is 32.1. The fourth-order valence-electron chi connectivity index (χ4n) is 2.12. The summed E-state index contributed by atoms with van der Waals surface area (Å²) in [5, 5.41) is 4.15. The SMILES string of the molecule is CCc1nnsc1C(Cc1ccc(C)c(C)c1)NN. The van der Waals surface area contributed by atoms with Crippen LogP contribution in [0.5, 0.6) is 0 Å². The third-order valence-corrected chi connectivity index (χ3v) is 4.33. The van der Waals surface area contributed by atoms with Crippen LogP contribution in [-0.4, -0.2) is 9.59 Å². The summed E-state index contributed by atoms with van der Waals surface area (Å²) in [5.41, 5.74) is 7.84. The molecule has 4 nitrogen and oxygen atoms in total. The molecule has 2 aromatic rings. The number of nitrogens with two attached hydrogens (primary N) is 1. The van der Waals surface area contributed by atoms with E-state index in [9.17, 15) is 0 Å². The minimum Gasteiger partial charge on any atom is -0.271 e. The number of aromatic nitrogens is 2. The lowest BCUT2D eigenvalue weighted by Gasteiger charge is -2.15. The molecule has 5 heteroatoms. The number of rotatable bonds is 5. The van der Waals surface area contributed by atoms with E-state index in [1.54, 1.807) is 0 Å². The maximum atomic E-state index is 5.70. The third kappa shape index (κ3) is 3.18. The average Bonchev–Trinajstić information content (AvgIpc) is 2.88. The van der Waals surface area contributed by atoms with Crippen LogP contribution < -0.4 is 11.3 Å². The Labute approximate surface area is 118 Å². The van der Waals surface area contributed by atoms with E-state index in [4.69, 9.17) is 5.84 Å². The van der Waals surface area contributed by atoms with Gasteiger partial charge in [0.15, 0.2) is 0 Å². The summed E-state index contributed by atoms with van der Waals surface area (Å²) < 4.78 is 4.03. The Bertz CT molecular complexity index is 550. The second kappa shape index (κ2) is 6.23. The summed E-state index contributed by atoms with van der Waals surface area (Å²) in [6, 6.07) is 6.62. The second-order valence-corrected chi connectivity index (χ2v) is 5.57. The van der Waals surface area contributed by atoms with Crippen LogP contribution in [0.4, 0.5) is 0 Å². The van der Waals surface area contributed by atoms with Gasteiger partial charge in [0.05, 0.1) is 16.6 Å². The lowest BCUT2D eigenvalue weighted by atomic mass is 9.99. The van der Waals surface area contributed by atoms with Gasteiger partial charge in [-0.1, -0.05) is 29.6 Å². The zero-order valence-electron chi connectivity index (χ0n) is 11.6. The van der Waals surface area contributed by atoms with Gasteiger partial charge in [0, 0.05) is 0 Å². The molecule has 0 fully saturated rings. The van der Waals surface area contributed by atoms with Crippen LogP contribution in [0, 0.1) is 13.8 Å². The highest BCUT2D eigenvalue weighted by molar-refractivity contribution is 7.05. The van der Waals surface area contributed by atoms with Crippen molar-refractivity contribution in [3.05, 3.63) is 45.5 Å². The van der Waals surface area contributed by atoms with Crippen LogP contribution in [0.25, 0.3) is 0 Å². The topological polar surface area (TPSA) is 63.8 Å². The molecule has 0 aliphatic heterocycles. The van der Waals surface area contributed by atoms with Crippen LogP contribution in [-0.2, 0) is 12.8 Å². The minimum absolute atomic E-state index is 0.0806. The first kappa shape index (κ1) is 14.1. The maximum absolute atomic E-state index is 5.70. The molecule has 0 saturated carbocycles. The number of hydrogen-bond donors (Lipinski definition) is 2. The molecule has 19 heavy (non-hydrogen) atoms. The van der Waals surface area contributed by atoms with E-state index in [1.807, 2.05) is 0 Å². The molecule has 0 aliphatic carbocycles. The number of aryl methyl sites for hydroxylation is 3. The van der Waals surface area contributed by atoms with Gasteiger partial charge in [-0.3, -0.25) is 11.3 Å². The molecule has 0 radical (unpaired) electrons. The first-order valence-electron chi connectivity index (χ1n) is 6.49. The smallest absolute Gasteiger partial charge is 0.0801 e. The van der Waals surface area contributed by atoms with Crippen molar-refractivity contribution >= 4 is 11.5 Å². The Morgan fingerprint density at radius 3 is 2.74 bits per heavy atom. The van der Waals surface area contributed by atoms with Gasteiger partial charge in [-0.05, 0) is 54.9 Å². The minimum atomic E-state index is 0.0806. The van der Waals surface area contributed by atoms with Gasteiger partial charge >= 0.3 is 0 Å². The Morgan fingerprint density at radius 1 is 1.32 bits per heavy atom. The Kier molecular flexibility index (Phi) is 4.63. The molecule has 1 atom stereocenters. The van der Waals surface area contributed by atoms with E-state index < -0.39 is 0 Å². The molecule has 1 heterocycles. The molecule has 1 aromatic heterocycles. The van der Waals surface area contributed by atoms with E-state index in [1.165, 1.54) is 28.2 Å². The number of nitrogens with zero attached hydrogens (tertiary/aromatic N) is 2. The van der Waals surface area contributed by atoms with Crippen LogP contribution in [0.1, 0.15) is 40.2 Å². The number of benzene rings is 1. The molecule has 0 aliphatic rings. The number of nitrogens with one attached hydrogen (secondary N) is 1. The van der Waals surface area contributed by atoms with Gasteiger partial charge < -0.3 is 0 Å². The summed E-state index contributed by atoms with van der Waals surface area (Å²) in [5.74, 6) is 5.70. The van der Waals surface area contributed by atoms with Gasteiger partial charge in [0.1, 0.15) is 0 Å². The van der Waals surface area contributed by atoms with Crippen LogP contribution in [0.3, 0.4) is 0 Å². The highest BCUT2D eigenvalue weighted by Crippen LogP contribution is 2.24. The molecule has 0 amide bonds. The van der Waals surface area contributed by atoms with Crippen molar-refractivity contribution in [2.45, 2.75) is 39.7 Å². The quantitative estimate of drug-likeness (QED) is 0.650.